The van der Waals surface area contributed by atoms with Crippen molar-refractivity contribution in [2.45, 2.75) is 51.2 Å². The predicted molar refractivity (Wildman–Crippen MR) is 98.5 cm³/mol. The second kappa shape index (κ2) is 6.97. The molecule has 1 spiro atoms. The Labute approximate surface area is 154 Å². The summed E-state index contributed by atoms with van der Waals surface area (Å²) in [7, 11) is 2.22. The van der Waals surface area contributed by atoms with Crippen molar-refractivity contribution in [1.82, 2.24) is 14.8 Å². The van der Waals surface area contributed by atoms with Gasteiger partial charge in [-0.2, -0.15) is 0 Å². The van der Waals surface area contributed by atoms with Crippen LogP contribution in [0.25, 0.3) is 0 Å². The third kappa shape index (κ3) is 3.49. The first kappa shape index (κ1) is 17.4. The van der Waals surface area contributed by atoms with E-state index in [4.69, 9.17) is 4.74 Å². The Morgan fingerprint density at radius 3 is 2.84 bits per heavy atom. The fourth-order valence-electron chi connectivity index (χ4n) is 4.46. The molecule has 3 heterocycles. The molecule has 1 aliphatic carbocycles. The molecule has 1 saturated carbocycles. The van der Waals surface area contributed by atoms with Crippen LogP contribution < -0.4 is 0 Å². The van der Waals surface area contributed by atoms with Gasteiger partial charge in [0.1, 0.15) is 0 Å². The lowest BCUT2D eigenvalue weighted by Gasteiger charge is -2.59. The number of hydrogen-bond donors (Lipinski definition) is 0. The SMILES string of the molecule is Cc1nc(COC[C@H]2CCN(C)C3(C2)CN(C(=O)C2CCC2)C3)cs1. The summed E-state index contributed by atoms with van der Waals surface area (Å²) >= 11 is 1.68. The molecule has 0 aromatic carbocycles. The molecule has 138 valence electrons. The Hall–Kier alpha value is -0.980. The first-order chi connectivity index (χ1) is 12.1. The van der Waals surface area contributed by atoms with Crippen LogP contribution in [0.5, 0.6) is 0 Å². The van der Waals surface area contributed by atoms with Crippen molar-refractivity contribution in [2.75, 3.05) is 33.3 Å². The number of rotatable bonds is 5. The molecule has 5 nitrogen and oxygen atoms in total. The molecule has 2 aliphatic heterocycles. The molecule has 0 radical (unpaired) electrons. The number of ether oxygens (including phenoxy) is 1. The number of piperidine rings is 1. The van der Waals surface area contributed by atoms with E-state index < -0.39 is 0 Å². The summed E-state index contributed by atoms with van der Waals surface area (Å²) in [5, 5.41) is 3.18. The molecule has 0 bridgehead atoms. The van der Waals surface area contributed by atoms with Crippen LogP contribution in [0.2, 0.25) is 0 Å². The summed E-state index contributed by atoms with van der Waals surface area (Å²) in [6.07, 6.45) is 5.77. The number of carbonyl (C=O) groups excluding carboxylic acids is 1. The highest BCUT2D eigenvalue weighted by Crippen LogP contribution is 2.40. The molecule has 1 aromatic rings. The number of amides is 1. The van der Waals surface area contributed by atoms with Gasteiger partial charge >= 0.3 is 0 Å². The summed E-state index contributed by atoms with van der Waals surface area (Å²) in [6.45, 7) is 6.40. The second-order valence-corrected chi connectivity index (χ2v) is 9.26. The van der Waals surface area contributed by atoms with Crippen LogP contribution in [-0.4, -0.2) is 59.5 Å². The number of hydrogen-bond acceptors (Lipinski definition) is 5. The highest BCUT2D eigenvalue weighted by atomic mass is 32.1. The second-order valence-electron chi connectivity index (χ2n) is 8.20. The average Bonchev–Trinajstić information content (AvgIpc) is 2.90. The number of carbonyl (C=O) groups is 1. The van der Waals surface area contributed by atoms with E-state index in [-0.39, 0.29) is 5.54 Å². The Morgan fingerprint density at radius 1 is 1.40 bits per heavy atom. The number of thiazole rings is 1. The molecule has 1 aromatic heterocycles. The summed E-state index contributed by atoms with van der Waals surface area (Å²) in [5.41, 5.74) is 1.24. The number of nitrogens with zero attached hydrogens (tertiary/aromatic N) is 3. The minimum Gasteiger partial charge on any atom is -0.375 e. The Morgan fingerprint density at radius 2 is 2.20 bits per heavy atom. The van der Waals surface area contributed by atoms with E-state index in [2.05, 4.69) is 27.2 Å². The lowest BCUT2D eigenvalue weighted by atomic mass is 9.74. The Bertz CT molecular complexity index is 622. The molecule has 0 unspecified atom stereocenters. The van der Waals surface area contributed by atoms with Crippen molar-refractivity contribution < 1.29 is 9.53 Å². The zero-order chi connectivity index (χ0) is 17.4. The van der Waals surface area contributed by atoms with Crippen molar-refractivity contribution in [3.05, 3.63) is 16.1 Å². The first-order valence-corrected chi connectivity index (χ1v) is 10.4. The maximum Gasteiger partial charge on any atom is 0.225 e. The van der Waals surface area contributed by atoms with Gasteiger partial charge in [0.15, 0.2) is 0 Å². The highest BCUT2D eigenvalue weighted by molar-refractivity contribution is 7.09. The van der Waals surface area contributed by atoms with Crippen LogP contribution in [0, 0.1) is 18.8 Å². The van der Waals surface area contributed by atoms with E-state index >= 15 is 0 Å². The number of likely N-dealkylation sites (tertiary alicyclic amines) is 2. The van der Waals surface area contributed by atoms with E-state index in [0.717, 1.165) is 56.2 Å². The zero-order valence-corrected chi connectivity index (χ0v) is 16.2. The minimum absolute atomic E-state index is 0.197. The maximum atomic E-state index is 12.4. The Kier molecular flexibility index (Phi) is 4.86. The summed E-state index contributed by atoms with van der Waals surface area (Å²) in [4.78, 5) is 21.5. The standard InChI is InChI=1S/C19H29N3O2S/c1-14-20-17(11-25-14)10-24-9-15-6-7-21(2)19(8-15)12-22(13-19)18(23)16-4-3-5-16/h11,15-16H,3-10,12-13H2,1-2H3/t15-/m0/s1. The van der Waals surface area contributed by atoms with Crippen molar-refractivity contribution >= 4 is 17.2 Å². The lowest BCUT2D eigenvalue weighted by Crippen LogP contribution is -2.73. The molecular formula is C19H29N3O2S. The van der Waals surface area contributed by atoms with Gasteiger partial charge in [-0.25, -0.2) is 4.98 Å². The number of aromatic nitrogens is 1. The van der Waals surface area contributed by atoms with Gasteiger partial charge < -0.3 is 9.64 Å². The fraction of sp³-hybridized carbons (Fsp3) is 0.789. The third-order valence-electron chi connectivity index (χ3n) is 6.36. The van der Waals surface area contributed by atoms with E-state index in [1.54, 1.807) is 11.3 Å². The van der Waals surface area contributed by atoms with Crippen molar-refractivity contribution in [2.24, 2.45) is 11.8 Å². The van der Waals surface area contributed by atoms with Gasteiger partial charge in [0.25, 0.3) is 0 Å². The predicted octanol–water partition coefficient (Wildman–Crippen LogP) is 2.69. The molecule has 2 saturated heterocycles. The maximum absolute atomic E-state index is 12.4. The molecule has 6 heteroatoms. The molecule has 0 N–H and O–H groups in total. The van der Waals surface area contributed by atoms with Crippen molar-refractivity contribution in [3.63, 3.8) is 0 Å². The third-order valence-corrected chi connectivity index (χ3v) is 7.18. The molecule has 4 rings (SSSR count). The molecule has 25 heavy (non-hydrogen) atoms. The first-order valence-electron chi connectivity index (χ1n) is 9.54. The van der Waals surface area contributed by atoms with Crippen LogP contribution in [0.3, 0.4) is 0 Å². The van der Waals surface area contributed by atoms with Crippen LogP contribution in [-0.2, 0) is 16.1 Å². The largest absolute Gasteiger partial charge is 0.375 e. The van der Waals surface area contributed by atoms with E-state index in [1.807, 2.05) is 6.92 Å². The molecule has 3 fully saturated rings. The topological polar surface area (TPSA) is 45.7 Å². The quantitative estimate of drug-likeness (QED) is 0.807. The molecule has 1 amide bonds. The van der Waals surface area contributed by atoms with E-state index in [0.29, 0.717) is 24.3 Å². The number of aryl methyl sites for hydroxylation is 1. The van der Waals surface area contributed by atoms with Gasteiger partial charge in [0.05, 0.1) is 29.5 Å². The average molecular weight is 364 g/mol. The zero-order valence-electron chi connectivity index (χ0n) is 15.4. The lowest BCUT2D eigenvalue weighted by molar-refractivity contribution is -0.158. The van der Waals surface area contributed by atoms with Gasteiger partial charge in [0, 0.05) is 24.4 Å². The molecule has 3 aliphatic rings. The number of likely N-dealkylation sites (N-methyl/N-ethyl adjacent to an activating group) is 1. The summed E-state index contributed by atoms with van der Waals surface area (Å²) in [5.74, 6) is 1.33. The van der Waals surface area contributed by atoms with Crippen molar-refractivity contribution in [3.8, 4) is 0 Å². The van der Waals surface area contributed by atoms with Crippen LogP contribution in [0.4, 0.5) is 0 Å². The molecule has 1 atom stereocenters. The van der Waals surface area contributed by atoms with Gasteiger partial charge in [-0.3, -0.25) is 9.69 Å². The normalized spacial score (nSPS) is 26.5. The summed E-state index contributed by atoms with van der Waals surface area (Å²) in [6, 6.07) is 0. The van der Waals surface area contributed by atoms with Gasteiger partial charge in [-0.15, -0.1) is 11.3 Å². The van der Waals surface area contributed by atoms with Crippen LogP contribution in [0.1, 0.15) is 42.8 Å². The summed E-state index contributed by atoms with van der Waals surface area (Å²) < 4.78 is 5.95. The smallest absolute Gasteiger partial charge is 0.225 e. The van der Waals surface area contributed by atoms with Crippen LogP contribution >= 0.6 is 11.3 Å². The minimum atomic E-state index is 0.197. The van der Waals surface area contributed by atoms with E-state index in [9.17, 15) is 4.79 Å². The highest BCUT2D eigenvalue weighted by Gasteiger charge is 2.51. The van der Waals surface area contributed by atoms with Gasteiger partial charge in [-0.1, -0.05) is 6.42 Å². The van der Waals surface area contributed by atoms with Crippen LogP contribution in [0.15, 0.2) is 5.38 Å². The monoisotopic (exact) mass is 363 g/mol. The van der Waals surface area contributed by atoms with E-state index in [1.165, 1.54) is 12.8 Å². The van der Waals surface area contributed by atoms with Gasteiger partial charge in [-0.05, 0) is 52.1 Å². The van der Waals surface area contributed by atoms with Crippen molar-refractivity contribution in [1.29, 1.82) is 0 Å². The molecular weight excluding hydrogens is 334 g/mol. The van der Waals surface area contributed by atoms with Gasteiger partial charge in [0.2, 0.25) is 5.91 Å². The Balaban J connectivity index is 1.26. The fourth-order valence-corrected chi connectivity index (χ4v) is 5.06.